The van der Waals surface area contributed by atoms with Crippen LogP contribution in [0.3, 0.4) is 0 Å². The van der Waals surface area contributed by atoms with Gasteiger partial charge in [-0.2, -0.15) is 0 Å². The van der Waals surface area contributed by atoms with Crippen molar-refractivity contribution in [2.45, 2.75) is 64.7 Å². The second-order valence-corrected chi connectivity index (χ2v) is 9.67. The monoisotopic (exact) mass is 460 g/mol. The Morgan fingerprint density at radius 1 is 1.06 bits per heavy atom. The third-order valence-corrected chi connectivity index (χ3v) is 7.26. The van der Waals surface area contributed by atoms with Crippen LogP contribution in [0.4, 0.5) is 0 Å². The molecule has 2 fully saturated rings. The summed E-state index contributed by atoms with van der Waals surface area (Å²) in [6.07, 6.45) is 7.20. The van der Waals surface area contributed by atoms with Gasteiger partial charge in [0.1, 0.15) is 0 Å². The summed E-state index contributed by atoms with van der Waals surface area (Å²) in [5, 5.41) is 0. The van der Waals surface area contributed by atoms with Crippen molar-refractivity contribution in [1.29, 1.82) is 0 Å². The van der Waals surface area contributed by atoms with E-state index in [4.69, 9.17) is 14.2 Å². The number of carbonyl (C=O) groups is 1. The van der Waals surface area contributed by atoms with Gasteiger partial charge in [0.2, 0.25) is 5.91 Å². The molecular weight excluding hydrogens is 416 g/mol. The van der Waals surface area contributed by atoms with E-state index in [0.29, 0.717) is 26.2 Å². The fraction of sp³-hybridized carbons (Fsp3) is 0.741. The van der Waals surface area contributed by atoms with Crippen molar-refractivity contribution >= 4 is 5.91 Å². The minimum Gasteiger partial charge on any atom is -0.381 e. The summed E-state index contributed by atoms with van der Waals surface area (Å²) >= 11 is 0. The van der Waals surface area contributed by atoms with Crippen molar-refractivity contribution in [2.75, 3.05) is 53.6 Å². The van der Waals surface area contributed by atoms with Gasteiger partial charge in [-0.15, -0.1) is 0 Å². The fourth-order valence-corrected chi connectivity index (χ4v) is 5.23. The van der Waals surface area contributed by atoms with Gasteiger partial charge >= 0.3 is 0 Å². The molecule has 0 radical (unpaired) electrons. The van der Waals surface area contributed by atoms with Crippen molar-refractivity contribution < 1.29 is 19.0 Å². The Hall–Kier alpha value is -1.47. The average molecular weight is 461 g/mol. The summed E-state index contributed by atoms with van der Waals surface area (Å²) in [6, 6.07) is 8.98. The van der Waals surface area contributed by atoms with Crippen LogP contribution >= 0.6 is 0 Å². The lowest BCUT2D eigenvalue weighted by molar-refractivity contribution is -0.146. The van der Waals surface area contributed by atoms with Crippen LogP contribution in [0, 0.1) is 11.8 Å². The maximum atomic E-state index is 12.6. The average Bonchev–Trinajstić information content (AvgIpc) is 3.42. The Labute approximate surface area is 200 Å². The number of nitrogens with zero attached hydrogens (tertiary/aromatic N) is 2. The minimum absolute atomic E-state index is 0.0953. The number of methoxy groups -OCH3 is 2. The van der Waals surface area contributed by atoms with Crippen molar-refractivity contribution in [3.8, 4) is 0 Å². The molecule has 0 spiro atoms. The van der Waals surface area contributed by atoms with E-state index in [0.717, 1.165) is 44.2 Å². The molecule has 0 N–H and O–H groups in total. The molecule has 1 aromatic rings. The van der Waals surface area contributed by atoms with Crippen LogP contribution in [0.25, 0.3) is 0 Å². The first-order chi connectivity index (χ1) is 16.1. The highest BCUT2D eigenvalue weighted by Gasteiger charge is 2.35. The highest BCUT2D eigenvalue weighted by molar-refractivity contribution is 5.76. The fourth-order valence-electron chi connectivity index (χ4n) is 5.23. The summed E-state index contributed by atoms with van der Waals surface area (Å²) in [4.78, 5) is 17.1. The summed E-state index contributed by atoms with van der Waals surface area (Å²) in [7, 11) is 3.20. The molecule has 1 aliphatic carbocycles. The van der Waals surface area contributed by atoms with E-state index >= 15 is 0 Å². The number of fused-ring (bicyclic) bond motifs is 1. The van der Waals surface area contributed by atoms with Crippen LogP contribution in [0.5, 0.6) is 0 Å². The molecule has 6 nitrogen and oxygen atoms in total. The van der Waals surface area contributed by atoms with E-state index in [1.165, 1.54) is 43.5 Å². The smallest absolute Gasteiger partial charge is 0.225 e. The number of unbranched alkanes of at least 4 members (excludes halogenated alkanes) is 1. The normalized spacial score (nSPS) is 20.5. The quantitative estimate of drug-likeness (QED) is 0.291. The number of benzene rings is 1. The minimum atomic E-state index is -0.389. The topological polar surface area (TPSA) is 51.2 Å². The van der Waals surface area contributed by atoms with Gasteiger partial charge in [-0.1, -0.05) is 44.0 Å². The van der Waals surface area contributed by atoms with E-state index in [1.807, 2.05) is 4.90 Å². The van der Waals surface area contributed by atoms with Crippen molar-refractivity contribution in [3.63, 3.8) is 0 Å². The van der Waals surface area contributed by atoms with Gasteiger partial charge < -0.3 is 19.1 Å². The number of amides is 1. The second-order valence-electron chi connectivity index (χ2n) is 9.67. The number of likely N-dealkylation sites (tertiary alicyclic amines) is 1. The van der Waals surface area contributed by atoms with E-state index in [1.54, 1.807) is 14.2 Å². The van der Waals surface area contributed by atoms with Gasteiger partial charge in [0.15, 0.2) is 6.29 Å². The van der Waals surface area contributed by atoms with E-state index < -0.39 is 0 Å². The first-order valence-electron chi connectivity index (χ1n) is 12.8. The summed E-state index contributed by atoms with van der Waals surface area (Å²) in [5.74, 6) is 2.00. The summed E-state index contributed by atoms with van der Waals surface area (Å²) < 4.78 is 16.3. The zero-order valence-electron chi connectivity index (χ0n) is 21.0. The van der Waals surface area contributed by atoms with Crippen LogP contribution in [0.1, 0.15) is 56.6 Å². The lowest BCUT2D eigenvalue weighted by Crippen LogP contribution is -2.40. The van der Waals surface area contributed by atoms with Crippen LogP contribution in [0.15, 0.2) is 24.3 Å². The molecule has 0 unspecified atom stereocenters. The highest BCUT2D eigenvalue weighted by atomic mass is 16.7. The van der Waals surface area contributed by atoms with Gasteiger partial charge in [0.05, 0.1) is 26.2 Å². The van der Waals surface area contributed by atoms with Gasteiger partial charge in [0.25, 0.3) is 0 Å². The highest BCUT2D eigenvalue weighted by Crippen LogP contribution is 2.38. The molecule has 2 atom stereocenters. The molecule has 0 bridgehead atoms. The molecule has 1 aromatic carbocycles. The Morgan fingerprint density at radius 3 is 2.36 bits per heavy atom. The number of ether oxygens (including phenoxy) is 3. The van der Waals surface area contributed by atoms with Crippen LogP contribution in [-0.4, -0.2) is 75.6 Å². The third kappa shape index (κ3) is 8.36. The Kier molecular flexibility index (Phi) is 11.1. The third-order valence-electron chi connectivity index (χ3n) is 7.26. The van der Waals surface area contributed by atoms with Crippen molar-refractivity contribution in [2.24, 2.45) is 11.8 Å². The molecule has 1 saturated heterocycles. The maximum Gasteiger partial charge on any atom is 0.225 e. The van der Waals surface area contributed by atoms with Crippen molar-refractivity contribution in [3.05, 3.63) is 35.4 Å². The molecule has 1 saturated carbocycles. The van der Waals surface area contributed by atoms with Gasteiger partial charge in [-0.25, -0.2) is 0 Å². The van der Waals surface area contributed by atoms with E-state index in [2.05, 4.69) is 36.1 Å². The molecule has 186 valence electrons. The Balaban J connectivity index is 1.32. The number of hydrogen-bond donors (Lipinski definition) is 0. The molecule has 3 rings (SSSR count). The lowest BCUT2D eigenvalue weighted by atomic mass is 10.0. The van der Waals surface area contributed by atoms with Gasteiger partial charge in [-0.3, -0.25) is 9.69 Å². The predicted molar refractivity (Wildman–Crippen MR) is 131 cm³/mol. The predicted octanol–water partition coefficient (Wildman–Crippen LogP) is 4.12. The Bertz CT molecular complexity index is 680. The first kappa shape index (κ1) is 26.1. The molecule has 33 heavy (non-hydrogen) atoms. The standard InChI is InChI=1S/C27H44N2O4/c1-4-5-15-29(21-27(31-2)32-3)26(30)14-17-33-16-13-22-9-11-23(12-10-22)18-28-19-24-7-6-8-25(24)20-28/h9-12,24-25,27H,4-8,13-21H2,1-3H3/t24-,25+. The van der Waals surface area contributed by atoms with Crippen LogP contribution < -0.4 is 0 Å². The molecule has 1 aliphatic heterocycles. The zero-order chi connectivity index (χ0) is 23.5. The lowest BCUT2D eigenvalue weighted by Gasteiger charge is -2.26. The SMILES string of the molecule is CCCCN(CC(OC)OC)C(=O)CCOCCc1ccc(CN2C[C@H]3CCC[C@H]3C2)cc1. The Morgan fingerprint density at radius 2 is 1.73 bits per heavy atom. The first-order valence-corrected chi connectivity index (χ1v) is 12.8. The molecule has 1 heterocycles. The summed E-state index contributed by atoms with van der Waals surface area (Å²) in [6.45, 7) is 8.03. The zero-order valence-corrected chi connectivity index (χ0v) is 21.0. The molecular formula is C27H44N2O4. The number of rotatable bonds is 15. The van der Waals surface area contributed by atoms with Crippen molar-refractivity contribution in [1.82, 2.24) is 9.80 Å². The maximum absolute atomic E-state index is 12.6. The van der Waals surface area contributed by atoms with Gasteiger partial charge in [-0.05, 0) is 48.6 Å². The molecule has 0 aromatic heterocycles. The van der Waals surface area contributed by atoms with Crippen LogP contribution in [0.2, 0.25) is 0 Å². The molecule has 1 amide bonds. The molecule has 2 aliphatic rings. The number of carbonyl (C=O) groups excluding carboxylic acids is 1. The molecule has 6 heteroatoms. The summed E-state index contributed by atoms with van der Waals surface area (Å²) in [5.41, 5.74) is 2.69. The second kappa shape index (κ2) is 14.1. The number of hydrogen-bond acceptors (Lipinski definition) is 5. The van der Waals surface area contributed by atoms with Gasteiger partial charge in [0, 0.05) is 40.4 Å². The van der Waals surface area contributed by atoms with Crippen LogP contribution in [-0.2, 0) is 32.0 Å². The van der Waals surface area contributed by atoms with E-state index in [-0.39, 0.29) is 12.2 Å². The largest absolute Gasteiger partial charge is 0.381 e. The van der Waals surface area contributed by atoms with E-state index in [9.17, 15) is 4.79 Å².